The number of amides is 1. The minimum atomic E-state index is -2.43. The predicted molar refractivity (Wildman–Crippen MR) is 86.3 cm³/mol. The van der Waals surface area contributed by atoms with Crippen LogP contribution in [0.2, 0.25) is 0 Å². The van der Waals surface area contributed by atoms with Crippen LogP contribution in [0, 0.1) is 11.8 Å². The minimum absolute atomic E-state index is 0.0597. The van der Waals surface area contributed by atoms with Crippen molar-refractivity contribution in [3.63, 3.8) is 0 Å². The Labute approximate surface area is 134 Å². The topological polar surface area (TPSA) is 32.3 Å². The Hall–Kier alpha value is -1.14. The molecule has 0 spiro atoms. The van der Waals surface area contributed by atoms with Gasteiger partial charge in [-0.1, -0.05) is 25.6 Å². The average Bonchev–Trinajstić information content (AvgIpc) is 2.39. The Morgan fingerprint density at radius 1 is 1.27 bits per heavy atom. The van der Waals surface area contributed by atoms with Crippen LogP contribution in [0.5, 0.6) is 0 Å². The number of hydrogen-bond donors (Lipinski definition) is 1. The van der Waals surface area contributed by atoms with Gasteiger partial charge in [0.2, 0.25) is 5.91 Å². The normalized spacial score (nSPS) is 22.8. The van der Waals surface area contributed by atoms with E-state index in [9.17, 15) is 13.6 Å². The number of rotatable bonds is 5. The van der Waals surface area contributed by atoms with Crippen LogP contribution >= 0.6 is 11.8 Å². The van der Waals surface area contributed by atoms with E-state index in [0.29, 0.717) is 40.7 Å². The first kappa shape index (κ1) is 17.2. The van der Waals surface area contributed by atoms with Gasteiger partial charge < -0.3 is 5.32 Å². The fourth-order valence-electron chi connectivity index (χ4n) is 3.04. The molecular weight excluding hydrogens is 306 g/mol. The third-order valence-corrected chi connectivity index (χ3v) is 4.40. The Balaban J connectivity index is 1.84. The molecule has 0 bridgehead atoms. The number of carbonyl (C=O) groups is 1. The van der Waals surface area contributed by atoms with Crippen molar-refractivity contribution in [2.24, 2.45) is 11.8 Å². The molecule has 1 fully saturated rings. The van der Waals surface area contributed by atoms with Crippen LogP contribution in [0.3, 0.4) is 0 Å². The lowest BCUT2D eigenvalue weighted by molar-refractivity contribution is -0.117. The Morgan fingerprint density at radius 3 is 2.41 bits per heavy atom. The summed E-state index contributed by atoms with van der Waals surface area (Å²) >= 11 is 0.501. The van der Waals surface area contributed by atoms with E-state index < -0.39 is 5.76 Å². The summed E-state index contributed by atoms with van der Waals surface area (Å²) in [6.07, 6.45) is 1.21. The number of anilines is 1. The molecule has 122 valence electrons. The second kappa shape index (κ2) is 7.92. The van der Waals surface area contributed by atoms with Crippen molar-refractivity contribution in [2.45, 2.75) is 30.9 Å². The van der Waals surface area contributed by atoms with E-state index in [4.69, 9.17) is 0 Å². The Morgan fingerprint density at radius 2 is 1.86 bits per heavy atom. The smallest absolute Gasteiger partial charge is 0.288 e. The molecule has 1 aliphatic heterocycles. The molecule has 0 aliphatic carbocycles. The molecule has 1 aromatic carbocycles. The van der Waals surface area contributed by atoms with Crippen LogP contribution in [0.1, 0.15) is 20.3 Å². The fourth-order valence-corrected chi connectivity index (χ4v) is 3.54. The molecule has 1 amide bonds. The lowest BCUT2D eigenvalue weighted by atomic mass is 9.92. The van der Waals surface area contributed by atoms with Gasteiger partial charge >= 0.3 is 0 Å². The number of carbonyl (C=O) groups excluding carboxylic acids is 1. The van der Waals surface area contributed by atoms with E-state index in [-0.39, 0.29) is 5.91 Å². The highest BCUT2D eigenvalue weighted by Crippen LogP contribution is 2.26. The van der Waals surface area contributed by atoms with E-state index in [1.807, 2.05) is 0 Å². The molecule has 0 radical (unpaired) electrons. The van der Waals surface area contributed by atoms with Crippen LogP contribution in [-0.2, 0) is 4.79 Å². The van der Waals surface area contributed by atoms with E-state index in [0.717, 1.165) is 13.1 Å². The van der Waals surface area contributed by atoms with Crippen LogP contribution < -0.4 is 5.32 Å². The lowest BCUT2D eigenvalue weighted by Gasteiger charge is -2.34. The van der Waals surface area contributed by atoms with Gasteiger partial charge in [-0.3, -0.25) is 9.69 Å². The monoisotopic (exact) mass is 328 g/mol. The molecule has 6 heteroatoms. The third kappa shape index (κ3) is 5.57. The summed E-state index contributed by atoms with van der Waals surface area (Å²) in [5.41, 5.74) is 0.640. The zero-order valence-corrected chi connectivity index (χ0v) is 13.7. The molecule has 0 unspecified atom stereocenters. The largest absolute Gasteiger partial charge is 0.325 e. The summed E-state index contributed by atoms with van der Waals surface area (Å²) < 4.78 is 24.5. The van der Waals surface area contributed by atoms with Gasteiger partial charge in [-0.05, 0) is 42.5 Å². The van der Waals surface area contributed by atoms with E-state index in [1.165, 1.54) is 6.42 Å². The maximum atomic E-state index is 12.2. The summed E-state index contributed by atoms with van der Waals surface area (Å²) in [7, 11) is 0. The first-order valence-corrected chi connectivity index (χ1v) is 8.37. The predicted octanol–water partition coefficient (Wildman–Crippen LogP) is 3.92. The van der Waals surface area contributed by atoms with Crippen molar-refractivity contribution < 1.29 is 13.6 Å². The maximum Gasteiger partial charge on any atom is 0.288 e. The Kier molecular flexibility index (Phi) is 6.20. The summed E-state index contributed by atoms with van der Waals surface area (Å²) in [4.78, 5) is 14.7. The van der Waals surface area contributed by atoms with Crippen LogP contribution in [-0.4, -0.2) is 36.2 Å². The highest BCUT2D eigenvalue weighted by Gasteiger charge is 2.23. The molecule has 3 nitrogen and oxygen atoms in total. The first-order chi connectivity index (χ1) is 10.4. The second-order valence-corrected chi connectivity index (χ2v) is 7.15. The number of piperidine rings is 1. The minimum Gasteiger partial charge on any atom is -0.325 e. The van der Waals surface area contributed by atoms with Gasteiger partial charge in [-0.15, -0.1) is 0 Å². The zero-order valence-electron chi connectivity index (χ0n) is 12.9. The van der Waals surface area contributed by atoms with Crippen LogP contribution in [0.4, 0.5) is 14.5 Å². The number of benzene rings is 1. The number of nitrogens with one attached hydrogen (secondary N) is 1. The Bertz CT molecular complexity index is 485. The SMILES string of the molecule is C[C@H]1C[C@H](C)CN(CC(=O)Nc2ccc(SC(F)F)cc2)C1. The van der Waals surface area contributed by atoms with Gasteiger partial charge in [0.15, 0.2) is 0 Å². The number of halogens is 2. The van der Waals surface area contributed by atoms with Crippen LogP contribution in [0.15, 0.2) is 29.2 Å². The number of nitrogens with zero attached hydrogens (tertiary/aromatic N) is 1. The molecule has 22 heavy (non-hydrogen) atoms. The number of hydrogen-bond acceptors (Lipinski definition) is 3. The van der Waals surface area contributed by atoms with Gasteiger partial charge in [-0.25, -0.2) is 0 Å². The molecule has 1 heterocycles. The number of thioether (sulfide) groups is 1. The highest BCUT2D eigenvalue weighted by molar-refractivity contribution is 7.99. The van der Waals surface area contributed by atoms with Crippen molar-refractivity contribution in [1.29, 1.82) is 0 Å². The number of alkyl halides is 2. The van der Waals surface area contributed by atoms with Gasteiger partial charge in [-0.2, -0.15) is 8.78 Å². The molecule has 0 aromatic heterocycles. The van der Waals surface area contributed by atoms with E-state index in [2.05, 4.69) is 24.1 Å². The van der Waals surface area contributed by atoms with E-state index in [1.54, 1.807) is 24.3 Å². The average molecular weight is 328 g/mol. The molecule has 2 atom stereocenters. The van der Waals surface area contributed by atoms with Crippen molar-refractivity contribution in [1.82, 2.24) is 4.90 Å². The van der Waals surface area contributed by atoms with Gasteiger partial charge in [0.05, 0.1) is 6.54 Å². The van der Waals surface area contributed by atoms with Crippen LogP contribution in [0.25, 0.3) is 0 Å². The highest BCUT2D eigenvalue weighted by atomic mass is 32.2. The summed E-state index contributed by atoms with van der Waals surface area (Å²) in [6.45, 7) is 6.69. The maximum absolute atomic E-state index is 12.2. The lowest BCUT2D eigenvalue weighted by Crippen LogP contribution is -2.42. The summed E-state index contributed by atoms with van der Waals surface area (Å²) in [5, 5.41) is 2.82. The second-order valence-electron chi connectivity index (χ2n) is 6.09. The van der Waals surface area contributed by atoms with Crippen molar-refractivity contribution >= 4 is 23.4 Å². The summed E-state index contributed by atoms with van der Waals surface area (Å²) in [6, 6.07) is 6.50. The molecule has 1 saturated heterocycles. The van der Waals surface area contributed by atoms with Crippen molar-refractivity contribution in [2.75, 3.05) is 25.0 Å². The quantitative estimate of drug-likeness (QED) is 0.832. The fraction of sp³-hybridized carbons (Fsp3) is 0.562. The van der Waals surface area contributed by atoms with Gasteiger partial charge in [0.25, 0.3) is 5.76 Å². The standard InChI is InChI=1S/C16H22F2N2OS/c1-11-7-12(2)9-20(8-11)10-15(21)19-13-3-5-14(6-4-13)22-16(17)18/h3-6,11-12,16H,7-10H2,1-2H3,(H,19,21)/t11-,12-/m0/s1. The van der Waals surface area contributed by atoms with Crippen molar-refractivity contribution in [3.8, 4) is 0 Å². The molecule has 1 aliphatic rings. The third-order valence-electron chi connectivity index (χ3n) is 3.67. The van der Waals surface area contributed by atoms with E-state index >= 15 is 0 Å². The van der Waals surface area contributed by atoms with Crippen molar-refractivity contribution in [3.05, 3.63) is 24.3 Å². The van der Waals surface area contributed by atoms with Gasteiger partial charge in [0.1, 0.15) is 0 Å². The molecule has 0 saturated carbocycles. The molecule has 1 N–H and O–H groups in total. The zero-order chi connectivity index (χ0) is 16.1. The molecular formula is C16H22F2N2OS. The molecule has 1 aromatic rings. The summed E-state index contributed by atoms with van der Waals surface area (Å²) in [5.74, 6) is -1.26. The first-order valence-electron chi connectivity index (χ1n) is 7.49. The number of likely N-dealkylation sites (tertiary alicyclic amines) is 1. The molecule has 2 rings (SSSR count). The van der Waals surface area contributed by atoms with Gasteiger partial charge in [0, 0.05) is 23.7 Å².